The highest BCUT2D eigenvalue weighted by Gasteiger charge is 2.10. The summed E-state index contributed by atoms with van der Waals surface area (Å²) in [6, 6.07) is 13.2. The van der Waals surface area contributed by atoms with Gasteiger partial charge in [0.15, 0.2) is 0 Å². The van der Waals surface area contributed by atoms with Crippen molar-refractivity contribution in [3.63, 3.8) is 0 Å². The van der Waals surface area contributed by atoms with Gasteiger partial charge in [0.2, 0.25) is 0 Å². The maximum Gasteiger partial charge on any atom is 0.323 e. The third-order valence-corrected chi connectivity index (χ3v) is 6.13. The van der Waals surface area contributed by atoms with E-state index in [4.69, 9.17) is 5.26 Å². The Morgan fingerprint density at radius 1 is 0.912 bits per heavy atom. The van der Waals surface area contributed by atoms with E-state index in [1.165, 1.54) is 36.4 Å². The number of anilines is 2. The molecule has 13 heteroatoms. The zero-order chi connectivity index (χ0) is 24.5. The van der Waals surface area contributed by atoms with Gasteiger partial charge in [-0.2, -0.15) is 0 Å². The minimum atomic E-state index is -4.78. The van der Waals surface area contributed by atoms with Crippen LogP contribution in [0, 0.1) is 0 Å². The van der Waals surface area contributed by atoms with Gasteiger partial charge in [-0.25, -0.2) is 18.5 Å². The normalized spacial score (nSPS) is 11.6. The van der Waals surface area contributed by atoms with Crippen LogP contribution < -0.4 is 15.7 Å². The van der Waals surface area contributed by atoms with Crippen LogP contribution in [-0.2, 0) is 19.5 Å². The van der Waals surface area contributed by atoms with E-state index in [2.05, 4.69) is 20.0 Å². The summed E-state index contributed by atoms with van der Waals surface area (Å²) in [5.74, 6) is -0.679. The van der Waals surface area contributed by atoms with Crippen LogP contribution >= 0.6 is 12.0 Å². The predicted octanol–water partition coefficient (Wildman–Crippen LogP) is 3.75. The standard InChI is InChI=1S/C21H16N2O9S2/c24-19-9-15(33-32-31-27)7-11-5-13(1-3-17(11)19)22-21(26)23-14-2-4-18-12(6-14)8-16(10-20(18)25)34(28,29)30/h1-10,24-25,27H,(H2,22,23,26)(H,28,29,30)/p-2. The molecule has 176 valence electrons. The summed E-state index contributed by atoms with van der Waals surface area (Å²) in [5, 5.41) is 40.6. The molecule has 0 bridgehead atoms. The number of nitrogens with one attached hydrogen (secondary N) is 2. The number of amides is 2. The van der Waals surface area contributed by atoms with E-state index >= 15 is 0 Å². The Labute approximate surface area is 196 Å². The van der Waals surface area contributed by atoms with Gasteiger partial charge in [0.05, 0.1) is 16.9 Å². The molecular formula is C21H14N2O9S2-2. The lowest BCUT2D eigenvalue weighted by Gasteiger charge is -2.14. The molecule has 0 atom stereocenters. The average Bonchev–Trinajstić information content (AvgIpc) is 2.76. The summed E-state index contributed by atoms with van der Waals surface area (Å²) >= 11 is 0.628. The molecular weight excluding hydrogens is 488 g/mol. The maximum atomic E-state index is 12.5. The summed E-state index contributed by atoms with van der Waals surface area (Å²) < 4.78 is 38.2. The van der Waals surface area contributed by atoms with Crippen LogP contribution in [0.3, 0.4) is 0 Å². The van der Waals surface area contributed by atoms with Gasteiger partial charge in [-0.05, 0) is 64.7 Å². The van der Waals surface area contributed by atoms with Crippen molar-refractivity contribution in [2.45, 2.75) is 9.79 Å². The third kappa shape index (κ3) is 5.14. The lowest BCUT2D eigenvalue weighted by atomic mass is 10.1. The molecule has 2 amide bonds. The predicted molar refractivity (Wildman–Crippen MR) is 120 cm³/mol. The number of rotatable bonds is 6. The number of carbonyl (C=O) groups excluding carboxylic acids is 1. The third-order valence-electron chi connectivity index (χ3n) is 4.76. The van der Waals surface area contributed by atoms with Gasteiger partial charge in [-0.3, -0.25) is 0 Å². The molecule has 0 saturated heterocycles. The first-order valence-corrected chi connectivity index (χ1v) is 11.5. The van der Waals surface area contributed by atoms with Crippen LogP contribution in [0.5, 0.6) is 11.5 Å². The Balaban J connectivity index is 1.56. The van der Waals surface area contributed by atoms with Crippen molar-refractivity contribution in [2.24, 2.45) is 0 Å². The average molecular weight is 502 g/mol. The summed E-state index contributed by atoms with van der Waals surface area (Å²) in [7, 11) is -4.78. The van der Waals surface area contributed by atoms with Crippen molar-refractivity contribution in [1.82, 2.24) is 0 Å². The fourth-order valence-electron chi connectivity index (χ4n) is 3.33. The van der Waals surface area contributed by atoms with Crippen molar-refractivity contribution in [2.75, 3.05) is 10.6 Å². The molecule has 0 unspecified atom stereocenters. The number of hydrogen-bond acceptors (Lipinski definition) is 10. The number of phenolic OH excluding ortho intramolecular Hbond substituents is 1. The minimum absolute atomic E-state index is 0.236. The first-order chi connectivity index (χ1) is 16.1. The summed E-state index contributed by atoms with van der Waals surface area (Å²) in [4.78, 5) is 12.2. The topological polar surface area (TPSA) is 180 Å². The Hall–Kier alpha value is -3.59. The van der Waals surface area contributed by atoms with Crippen molar-refractivity contribution >= 4 is 61.1 Å². The molecule has 4 rings (SSSR count). The zero-order valence-electron chi connectivity index (χ0n) is 16.8. The van der Waals surface area contributed by atoms with Crippen LogP contribution in [0.2, 0.25) is 0 Å². The molecule has 34 heavy (non-hydrogen) atoms. The second-order valence-corrected chi connectivity index (χ2v) is 9.15. The minimum Gasteiger partial charge on any atom is -0.872 e. The van der Waals surface area contributed by atoms with Crippen molar-refractivity contribution in [3.05, 3.63) is 60.7 Å². The summed E-state index contributed by atoms with van der Waals surface area (Å²) in [5.41, 5.74) is 0.636. The number of aromatic hydroxyl groups is 1. The Kier molecular flexibility index (Phi) is 6.47. The van der Waals surface area contributed by atoms with Gasteiger partial charge >= 0.3 is 6.03 Å². The van der Waals surface area contributed by atoms with Crippen LogP contribution in [-0.4, -0.2) is 29.4 Å². The largest absolute Gasteiger partial charge is 0.872 e. The Morgan fingerprint density at radius 2 is 1.53 bits per heavy atom. The van der Waals surface area contributed by atoms with Gasteiger partial charge in [-0.15, -0.1) is 4.33 Å². The number of benzene rings is 4. The number of phenols is 1. The number of hydrogen-bond donors (Lipinski definition) is 4. The molecule has 4 N–H and O–H groups in total. The molecule has 0 fully saturated rings. The van der Waals surface area contributed by atoms with E-state index in [-0.39, 0.29) is 22.6 Å². The van der Waals surface area contributed by atoms with Crippen LogP contribution in [0.4, 0.5) is 16.2 Å². The number of carbonyl (C=O) groups is 1. The van der Waals surface area contributed by atoms with Crippen LogP contribution in [0.1, 0.15) is 0 Å². The fraction of sp³-hybridized carbons (Fsp3) is 0. The van der Waals surface area contributed by atoms with Crippen molar-refractivity contribution in [1.29, 1.82) is 0 Å². The zero-order valence-corrected chi connectivity index (χ0v) is 18.5. The molecule has 11 nitrogen and oxygen atoms in total. The number of fused-ring (bicyclic) bond motifs is 2. The number of urea groups is 1. The molecule has 4 aromatic rings. The Bertz CT molecular complexity index is 1520. The second-order valence-electron chi connectivity index (χ2n) is 6.99. The molecule has 0 aromatic heterocycles. The van der Waals surface area contributed by atoms with Crippen LogP contribution in [0.25, 0.3) is 21.5 Å². The Morgan fingerprint density at radius 3 is 2.15 bits per heavy atom. The molecule has 0 aliphatic heterocycles. The van der Waals surface area contributed by atoms with Crippen molar-refractivity contribution in [3.8, 4) is 11.5 Å². The molecule has 0 saturated carbocycles. The van der Waals surface area contributed by atoms with Gasteiger partial charge in [0, 0.05) is 21.7 Å². The SMILES string of the molecule is O=C(Nc1ccc2c([O-])cc(SOOO)cc2c1)Nc1ccc2c(O)cc(S(=O)(=O)[O-])cc2c1. The monoisotopic (exact) mass is 502 g/mol. The molecule has 0 spiro atoms. The lowest BCUT2D eigenvalue weighted by molar-refractivity contribution is -0.432. The first kappa shape index (κ1) is 23.6. The summed E-state index contributed by atoms with van der Waals surface area (Å²) in [6.07, 6.45) is 0. The molecule has 0 heterocycles. The van der Waals surface area contributed by atoms with E-state index in [1.807, 2.05) is 0 Å². The first-order valence-electron chi connectivity index (χ1n) is 9.34. The van der Waals surface area contributed by atoms with Gasteiger partial charge in [-0.1, -0.05) is 22.9 Å². The van der Waals surface area contributed by atoms with E-state index in [0.717, 1.165) is 12.1 Å². The fourth-order valence-corrected chi connectivity index (χ4v) is 4.29. The highest BCUT2D eigenvalue weighted by atomic mass is 32.2. The van der Waals surface area contributed by atoms with Crippen LogP contribution in [0.15, 0.2) is 70.5 Å². The maximum absolute atomic E-state index is 12.5. The summed E-state index contributed by atoms with van der Waals surface area (Å²) in [6.45, 7) is 0. The second kappa shape index (κ2) is 9.34. The highest BCUT2D eigenvalue weighted by Crippen LogP contribution is 2.33. The van der Waals surface area contributed by atoms with E-state index in [1.54, 1.807) is 12.1 Å². The molecule has 4 aromatic carbocycles. The van der Waals surface area contributed by atoms with Gasteiger partial charge in [0.1, 0.15) is 15.9 Å². The molecule has 0 aliphatic rings. The highest BCUT2D eigenvalue weighted by molar-refractivity contribution is 7.94. The lowest BCUT2D eigenvalue weighted by Crippen LogP contribution is -2.19. The van der Waals surface area contributed by atoms with Gasteiger partial charge in [0.25, 0.3) is 0 Å². The molecule has 0 aliphatic carbocycles. The smallest absolute Gasteiger partial charge is 0.323 e. The van der Waals surface area contributed by atoms with E-state index < -0.39 is 21.0 Å². The quantitative estimate of drug-likeness (QED) is 0.131. The molecule has 0 radical (unpaired) electrons. The van der Waals surface area contributed by atoms with E-state index in [9.17, 15) is 28.0 Å². The van der Waals surface area contributed by atoms with Gasteiger partial charge < -0.3 is 25.4 Å². The van der Waals surface area contributed by atoms with E-state index in [0.29, 0.717) is 38.8 Å². The van der Waals surface area contributed by atoms with Crippen molar-refractivity contribution < 1.29 is 42.6 Å².